The molecular weight excluding hydrogens is 348 g/mol. The first kappa shape index (κ1) is 17.6. The van der Waals surface area contributed by atoms with Crippen molar-refractivity contribution >= 4 is 40.9 Å². The number of ether oxygens (including phenoxy) is 1. The molecule has 5 nitrogen and oxygen atoms in total. The number of carbonyl (C=O) groups is 2. The lowest BCUT2D eigenvalue weighted by Gasteiger charge is -2.28. The maximum atomic E-state index is 12.8. The highest BCUT2D eigenvalue weighted by molar-refractivity contribution is 7.80. The van der Waals surface area contributed by atoms with Crippen LogP contribution in [0.4, 0.5) is 5.69 Å². The molecule has 130 valence electrons. The van der Waals surface area contributed by atoms with Gasteiger partial charge in [0.25, 0.3) is 11.8 Å². The summed E-state index contributed by atoms with van der Waals surface area (Å²) in [5.41, 5.74) is 1.32. The lowest BCUT2D eigenvalue weighted by Crippen LogP contribution is -2.54. The van der Waals surface area contributed by atoms with E-state index in [4.69, 9.17) is 17.0 Å². The van der Waals surface area contributed by atoms with Gasteiger partial charge in [0.15, 0.2) is 5.11 Å². The summed E-state index contributed by atoms with van der Waals surface area (Å²) in [6.45, 7) is 4.00. The first-order chi connectivity index (χ1) is 12.6. The second-order valence-electron chi connectivity index (χ2n) is 5.46. The first-order valence-corrected chi connectivity index (χ1v) is 8.31. The molecule has 3 rings (SSSR count). The van der Waals surface area contributed by atoms with Gasteiger partial charge in [-0.05, 0) is 48.1 Å². The highest BCUT2D eigenvalue weighted by Gasteiger charge is 2.34. The molecule has 0 atom stereocenters. The molecule has 0 spiro atoms. The Morgan fingerprint density at radius 2 is 1.77 bits per heavy atom. The van der Waals surface area contributed by atoms with Crippen molar-refractivity contribution < 1.29 is 14.3 Å². The van der Waals surface area contributed by atoms with E-state index in [1.165, 1.54) is 11.0 Å². The Balaban J connectivity index is 1.89. The maximum Gasteiger partial charge on any atom is 0.270 e. The van der Waals surface area contributed by atoms with E-state index in [-0.39, 0.29) is 10.7 Å². The van der Waals surface area contributed by atoms with E-state index in [1.807, 2.05) is 6.07 Å². The standard InChI is InChI=1S/C20H16N2O3S/c1-2-12-25-16-10-8-14(9-11-16)13-17-18(23)21-20(26)22(19(17)24)15-6-4-3-5-7-15/h2-11,13H,1,12H2,(H,21,23,26)/b17-13-. The fourth-order valence-corrected chi connectivity index (χ4v) is 2.73. The van der Waals surface area contributed by atoms with E-state index in [0.717, 1.165) is 0 Å². The van der Waals surface area contributed by atoms with Crippen LogP contribution in [0.2, 0.25) is 0 Å². The van der Waals surface area contributed by atoms with Crippen molar-refractivity contribution in [2.24, 2.45) is 0 Å². The third-order valence-electron chi connectivity index (χ3n) is 3.68. The number of hydrogen-bond acceptors (Lipinski definition) is 4. The van der Waals surface area contributed by atoms with Crippen LogP contribution < -0.4 is 15.0 Å². The van der Waals surface area contributed by atoms with Gasteiger partial charge < -0.3 is 4.74 Å². The molecule has 1 heterocycles. The number of nitrogens with one attached hydrogen (secondary N) is 1. The normalized spacial score (nSPS) is 15.8. The van der Waals surface area contributed by atoms with Crippen LogP contribution in [0, 0.1) is 0 Å². The minimum atomic E-state index is -0.515. The van der Waals surface area contributed by atoms with Crippen LogP contribution in [0.5, 0.6) is 5.75 Å². The Morgan fingerprint density at radius 3 is 2.42 bits per heavy atom. The predicted octanol–water partition coefficient (Wildman–Crippen LogP) is 3.08. The predicted molar refractivity (Wildman–Crippen MR) is 105 cm³/mol. The molecule has 1 aliphatic rings. The Kier molecular flexibility index (Phi) is 5.24. The number of para-hydroxylation sites is 1. The third kappa shape index (κ3) is 3.70. The fraction of sp³-hybridized carbons (Fsp3) is 0.0500. The number of rotatable bonds is 5. The minimum absolute atomic E-state index is 0.0159. The lowest BCUT2D eigenvalue weighted by molar-refractivity contribution is -0.122. The second-order valence-corrected chi connectivity index (χ2v) is 5.85. The fourth-order valence-electron chi connectivity index (χ4n) is 2.45. The average Bonchev–Trinajstić information content (AvgIpc) is 2.65. The van der Waals surface area contributed by atoms with E-state index in [2.05, 4.69) is 11.9 Å². The summed E-state index contributed by atoms with van der Waals surface area (Å²) in [7, 11) is 0. The van der Waals surface area contributed by atoms with Crippen molar-refractivity contribution in [3.05, 3.63) is 78.4 Å². The van der Waals surface area contributed by atoms with Crippen molar-refractivity contribution in [3.8, 4) is 5.75 Å². The van der Waals surface area contributed by atoms with E-state index >= 15 is 0 Å². The van der Waals surface area contributed by atoms with Gasteiger partial charge in [0, 0.05) is 0 Å². The number of anilines is 1. The molecule has 0 radical (unpaired) electrons. The molecule has 0 aliphatic carbocycles. The highest BCUT2D eigenvalue weighted by Crippen LogP contribution is 2.22. The number of benzene rings is 2. The molecule has 1 saturated heterocycles. The van der Waals surface area contributed by atoms with Gasteiger partial charge >= 0.3 is 0 Å². The summed E-state index contributed by atoms with van der Waals surface area (Å²) in [5.74, 6) is -0.297. The molecule has 1 N–H and O–H groups in total. The van der Waals surface area contributed by atoms with Gasteiger partial charge in [-0.3, -0.25) is 19.8 Å². The molecule has 26 heavy (non-hydrogen) atoms. The van der Waals surface area contributed by atoms with Crippen LogP contribution >= 0.6 is 12.2 Å². The average molecular weight is 364 g/mol. The summed E-state index contributed by atoms with van der Waals surface area (Å²) >= 11 is 5.16. The van der Waals surface area contributed by atoms with Crippen LogP contribution in [0.15, 0.2) is 72.8 Å². The Bertz CT molecular complexity index is 889. The molecule has 1 aliphatic heterocycles. The van der Waals surface area contributed by atoms with E-state index in [0.29, 0.717) is 23.6 Å². The van der Waals surface area contributed by atoms with Crippen molar-refractivity contribution in [3.63, 3.8) is 0 Å². The molecule has 0 unspecified atom stereocenters. The van der Waals surface area contributed by atoms with E-state index in [1.54, 1.807) is 54.6 Å². The number of amides is 2. The first-order valence-electron chi connectivity index (χ1n) is 7.90. The van der Waals surface area contributed by atoms with Crippen molar-refractivity contribution in [1.29, 1.82) is 0 Å². The van der Waals surface area contributed by atoms with Crippen LogP contribution in [-0.2, 0) is 9.59 Å². The van der Waals surface area contributed by atoms with Crippen LogP contribution in [0.3, 0.4) is 0 Å². The number of carbonyl (C=O) groups excluding carboxylic acids is 2. The Labute approximate surface area is 156 Å². The van der Waals surface area contributed by atoms with Crippen molar-refractivity contribution in [2.45, 2.75) is 0 Å². The summed E-state index contributed by atoms with van der Waals surface area (Å²) in [6, 6.07) is 16.0. The van der Waals surface area contributed by atoms with Crippen LogP contribution in [0.1, 0.15) is 5.56 Å². The van der Waals surface area contributed by atoms with Gasteiger partial charge in [-0.25, -0.2) is 0 Å². The molecular formula is C20H16N2O3S. The van der Waals surface area contributed by atoms with Gasteiger partial charge in [0.05, 0.1) is 5.69 Å². The summed E-state index contributed by atoms with van der Waals surface area (Å²) in [6.07, 6.45) is 3.19. The van der Waals surface area contributed by atoms with E-state index in [9.17, 15) is 9.59 Å². The monoisotopic (exact) mass is 364 g/mol. The molecule has 1 fully saturated rings. The summed E-state index contributed by atoms with van der Waals surface area (Å²) in [5, 5.41) is 2.63. The maximum absolute atomic E-state index is 12.8. The number of thiocarbonyl (C=S) groups is 1. The smallest absolute Gasteiger partial charge is 0.270 e. The van der Waals surface area contributed by atoms with Gasteiger partial charge in [-0.2, -0.15) is 0 Å². The largest absolute Gasteiger partial charge is 0.490 e. The molecule has 2 aromatic carbocycles. The quantitative estimate of drug-likeness (QED) is 0.383. The minimum Gasteiger partial charge on any atom is -0.490 e. The zero-order chi connectivity index (χ0) is 18.5. The van der Waals surface area contributed by atoms with Crippen molar-refractivity contribution in [2.75, 3.05) is 11.5 Å². The molecule has 2 amide bonds. The topological polar surface area (TPSA) is 58.6 Å². The molecule has 0 saturated carbocycles. The van der Waals surface area contributed by atoms with Crippen LogP contribution in [-0.4, -0.2) is 23.5 Å². The van der Waals surface area contributed by atoms with Gasteiger partial charge in [-0.15, -0.1) is 0 Å². The number of nitrogens with zero attached hydrogens (tertiary/aromatic N) is 1. The van der Waals surface area contributed by atoms with Gasteiger partial charge in [0.2, 0.25) is 0 Å². The Hall–Kier alpha value is -3.25. The van der Waals surface area contributed by atoms with Crippen LogP contribution in [0.25, 0.3) is 6.08 Å². The summed E-state index contributed by atoms with van der Waals surface area (Å²) in [4.78, 5) is 26.4. The molecule has 0 aromatic heterocycles. The highest BCUT2D eigenvalue weighted by atomic mass is 32.1. The molecule has 2 aromatic rings. The third-order valence-corrected chi connectivity index (χ3v) is 3.96. The summed E-state index contributed by atoms with van der Waals surface area (Å²) < 4.78 is 5.42. The van der Waals surface area contributed by atoms with Gasteiger partial charge in [0.1, 0.15) is 17.9 Å². The lowest BCUT2D eigenvalue weighted by atomic mass is 10.1. The second kappa shape index (κ2) is 7.76. The molecule has 6 heteroatoms. The molecule has 0 bridgehead atoms. The van der Waals surface area contributed by atoms with Crippen molar-refractivity contribution in [1.82, 2.24) is 5.32 Å². The SMILES string of the molecule is C=CCOc1ccc(/C=C2/C(=O)NC(=S)N(c3ccccc3)C2=O)cc1. The van der Waals surface area contributed by atoms with E-state index < -0.39 is 11.8 Å². The zero-order valence-corrected chi connectivity index (χ0v) is 14.7. The Morgan fingerprint density at radius 1 is 1.08 bits per heavy atom. The number of hydrogen-bond donors (Lipinski definition) is 1. The zero-order valence-electron chi connectivity index (χ0n) is 13.8. The van der Waals surface area contributed by atoms with Gasteiger partial charge in [-0.1, -0.05) is 43.0 Å².